The number of hydrogen-bond donors (Lipinski definition) is 2. The zero-order valence-electron chi connectivity index (χ0n) is 16.0. The van der Waals surface area contributed by atoms with Crippen LogP contribution in [0.2, 0.25) is 0 Å². The van der Waals surface area contributed by atoms with Gasteiger partial charge in [-0.25, -0.2) is 14.2 Å². The van der Waals surface area contributed by atoms with Gasteiger partial charge in [-0.15, -0.1) is 0 Å². The Balaban J connectivity index is 1.52. The molecule has 0 radical (unpaired) electrons. The number of halogens is 1. The Morgan fingerprint density at radius 2 is 2.14 bits per heavy atom. The second kappa shape index (κ2) is 7.50. The molecule has 28 heavy (non-hydrogen) atoms. The first-order valence-corrected chi connectivity index (χ1v) is 9.50. The zero-order valence-corrected chi connectivity index (χ0v) is 16.0. The molecule has 3 heterocycles. The van der Waals surface area contributed by atoms with Crippen LogP contribution in [0.3, 0.4) is 0 Å². The van der Waals surface area contributed by atoms with Crippen LogP contribution in [0, 0.1) is 11.7 Å². The molecule has 146 valence electrons. The molecule has 4 rings (SSSR count). The molecule has 1 aliphatic heterocycles. The van der Waals surface area contributed by atoms with E-state index in [0.717, 1.165) is 23.1 Å². The number of hydrogen-bond acceptors (Lipinski definition) is 3. The Hall–Kier alpha value is -3.09. The van der Waals surface area contributed by atoms with Gasteiger partial charge in [-0.3, -0.25) is 0 Å². The van der Waals surface area contributed by atoms with E-state index in [4.69, 9.17) is 0 Å². The van der Waals surface area contributed by atoms with Gasteiger partial charge in [0.25, 0.3) is 0 Å². The van der Waals surface area contributed by atoms with Crippen molar-refractivity contribution >= 4 is 28.4 Å². The maximum absolute atomic E-state index is 13.9. The molecule has 2 N–H and O–H groups in total. The van der Waals surface area contributed by atoms with Crippen molar-refractivity contribution in [3.05, 3.63) is 54.6 Å². The largest absolute Gasteiger partial charge is 0.369 e. The van der Waals surface area contributed by atoms with Crippen LogP contribution in [-0.4, -0.2) is 47.1 Å². The van der Waals surface area contributed by atoms with Gasteiger partial charge in [-0.1, -0.05) is 19.1 Å². The number of benzene rings is 1. The molecule has 0 bridgehead atoms. The number of H-pyrrole nitrogens is 1. The van der Waals surface area contributed by atoms with Crippen molar-refractivity contribution in [1.29, 1.82) is 0 Å². The normalized spacial score (nSPS) is 19.6. The molecule has 0 aliphatic carbocycles. The summed E-state index contributed by atoms with van der Waals surface area (Å²) in [6.07, 6.45) is 4.56. The summed E-state index contributed by atoms with van der Waals surface area (Å²) in [6, 6.07) is 10.1. The minimum Gasteiger partial charge on any atom is -0.369 e. The van der Waals surface area contributed by atoms with Gasteiger partial charge in [0, 0.05) is 49.6 Å². The number of nitrogens with zero attached hydrogens (tertiary/aromatic N) is 3. The molecule has 2 amide bonds. The first-order valence-electron chi connectivity index (χ1n) is 9.50. The highest BCUT2D eigenvalue weighted by molar-refractivity contribution is 5.91. The van der Waals surface area contributed by atoms with Crippen LogP contribution < -0.4 is 10.2 Å². The lowest BCUT2D eigenvalue weighted by Crippen LogP contribution is -2.53. The maximum Gasteiger partial charge on any atom is 0.321 e. The minimum atomic E-state index is -0.429. The fraction of sp³-hybridized carbons (Fsp3) is 0.333. The average molecular weight is 381 g/mol. The van der Waals surface area contributed by atoms with E-state index in [1.165, 1.54) is 6.07 Å². The molecule has 2 unspecified atom stereocenters. The second-order valence-corrected chi connectivity index (χ2v) is 7.37. The summed E-state index contributed by atoms with van der Waals surface area (Å²) in [6.45, 7) is 3.44. The van der Waals surface area contributed by atoms with Crippen molar-refractivity contribution in [2.75, 3.05) is 30.4 Å². The third-order valence-electron chi connectivity index (χ3n) is 5.64. The Morgan fingerprint density at radius 3 is 2.96 bits per heavy atom. The summed E-state index contributed by atoms with van der Waals surface area (Å²) < 4.78 is 13.9. The summed E-state index contributed by atoms with van der Waals surface area (Å²) in [5.74, 6) is -0.00815. The van der Waals surface area contributed by atoms with Crippen LogP contribution >= 0.6 is 0 Å². The molecule has 6 nitrogen and oxygen atoms in total. The number of aromatic amines is 1. The number of fused-ring (bicyclic) bond motifs is 1. The van der Waals surface area contributed by atoms with Gasteiger partial charge in [-0.05, 0) is 36.6 Å². The van der Waals surface area contributed by atoms with Gasteiger partial charge in [0.1, 0.15) is 11.5 Å². The van der Waals surface area contributed by atoms with Gasteiger partial charge < -0.3 is 20.1 Å². The molecule has 1 saturated heterocycles. The molecule has 2 atom stereocenters. The number of likely N-dealkylation sites (tertiary alicyclic amines) is 1. The summed E-state index contributed by atoms with van der Waals surface area (Å²) in [4.78, 5) is 24.2. The van der Waals surface area contributed by atoms with Crippen LogP contribution in [0.4, 0.5) is 20.6 Å². The van der Waals surface area contributed by atoms with E-state index in [1.54, 1.807) is 29.3 Å². The highest BCUT2D eigenvalue weighted by Crippen LogP contribution is 2.30. The fourth-order valence-corrected chi connectivity index (χ4v) is 3.93. The Morgan fingerprint density at radius 1 is 1.32 bits per heavy atom. The van der Waals surface area contributed by atoms with E-state index in [-0.39, 0.29) is 17.8 Å². The van der Waals surface area contributed by atoms with E-state index in [2.05, 4.69) is 34.2 Å². The highest BCUT2D eigenvalue weighted by atomic mass is 19.1. The number of aromatic nitrogens is 2. The Labute approximate surface area is 163 Å². The summed E-state index contributed by atoms with van der Waals surface area (Å²) in [5.41, 5.74) is 2.14. The van der Waals surface area contributed by atoms with Crippen LogP contribution in [0.5, 0.6) is 0 Å². The molecule has 1 fully saturated rings. The van der Waals surface area contributed by atoms with Crippen LogP contribution in [0.25, 0.3) is 11.0 Å². The lowest BCUT2D eigenvalue weighted by atomic mass is 9.92. The predicted octanol–water partition coefficient (Wildman–Crippen LogP) is 4.08. The average Bonchev–Trinajstić information content (AvgIpc) is 3.18. The SMILES string of the molecule is CC1CCN(C(=O)Nc2ccccc2F)CC1N(C)c1ccnc2[nH]ccc12. The lowest BCUT2D eigenvalue weighted by Gasteiger charge is -2.42. The number of nitrogens with one attached hydrogen (secondary N) is 2. The van der Waals surface area contributed by atoms with Gasteiger partial charge in [-0.2, -0.15) is 0 Å². The quantitative estimate of drug-likeness (QED) is 0.719. The van der Waals surface area contributed by atoms with Crippen molar-refractivity contribution in [2.45, 2.75) is 19.4 Å². The molecular formula is C21H24FN5O. The van der Waals surface area contributed by atoms with Gasteiger partial charge in [0.2, 0.25) is 0 Å². The number of likely N-dealkylation sites (N-methyl/N-ethyl adjacent to an activating group) is 1. The topological polar surface area (TPSA) is 64.3 Å². The third kappa shape index (κ3) is 3.40. The number of piperidine rings is 1. The number of pyridine rings is 1. The van der Waals surface area contributed by atoms with Crippen LogP contribution in [-0.2, 0) is 0 Å². The lowest BCUT2D eigenvalue weighted by molar-refractivity contribution is 0.172. The molecule has 1 aromatic carbocycles. The molecule has 1 aliphatic rings. The van der Waals surface area contributed by atoms with E-state index in [0.29, 0.717) is 19.0 Å². The number of rotatable bonds is 3. The Bertz CT molecular complexity index is 988. The molecular weight excluding hydrogens is 357 g/mol. The van der Waals surface area contributed by atoms with Gasteiger partial charge in [0.15, 0.2) is 0 Å². The number of urea groups is 1. The molecule has 7 heteroatoms. The minimum absolute atomic E-state index is 0.153. The predicted molar refractivity (Wildman–Crippen MR) is 109 cm³/mol. The van der Waals surface area contributed by atoms with E-state index >= 15 is 0 Å². The smallest absolute Gasteiger partial charge is 0.321 e. The number of anilines is 2. The van der Waals surface area contributed by atoms with Crippen molar-refractivity contribution in [3.8, 4) is 0 Å². The summed E-state index contributed by atoms with van der Waals surface area (Å²) in [5, 5.41) is 3.76. The maximum atomic E-state index is 13.9. The molecule has 0 spiro atoms. The zero-order chi connectivity index (χ0) is 19.7. The summed E-state index contributed by atoms with van der Waals surface area (Å²) in [7, 11) is 2.06. The monoisotopic (exact) mass is 381 g/mol. The highest BCUT2D eigenvalue weighted by Gasteiger charge is 2.32. The molecule has 3 aromatic rings. The molecule has 0 saturated carbocycles. The van der Waals surface area contributed by atoms with Crippen molar-refractivity contribution in [2.24, 2.45) is 5.92 Å². The van der Waals surface area contributed by atoms with Crippen molar-refractivity contribution in [3.63, 3.8) is 0 Å². The standard InChI is InChI=1S/C21H24FN5O/c1-14-9-12-27(21(28)25-17-6-4-3-5-16(17)22)13-19(14)26(2)18-8-11-24-20-15(18)7-10-23-20/h3-8,10-11,14,19H,9,12-13H2,1-2H3,(H,23,24)(H,25,28). The van der Waals surface area contributed by atoms with Gasteiger partial charge >= 0.3 is 6.03 Å². The number of carbonyl (C=O) groups excluding carboxylic acids is 1. The van der Waals surface area contributed by atoms with E-state index < -0.39 is 5.82 Å². The number of para-hydroxylation sites is 1. The van der Waals surface area contributed by atoms with E-state index in [9.17, 15) is 9.18 Å². The fourth-order valence-electron chi connectivity index (χ4n) is 3.93. The van der Waals surface area contributed by atoms with Crippen LogP contribution in [0.1, 0.15) is 13.3 Å². The second-order valence-electron chi connectivity index (χ2n) is 7.37. The third-order valence-corrected chi connectivity index (χ3v) is 5.64. The van der Waals surface area contributed by atoms with Crippen LogP contribution in [0.15, 0.2) is 48.8 Å². The number of carbonyl (C=O) groups is 1. The summed E-state index contributed by atoms with van der Waals surface area (Å²) >= 11 is 0. The first kappa shape index (κ1) is 18.3. The first-order chi connectivity index (χ1) is 13.5. The Kier molecular flexibility index (Phi) is 4.90. The van der Waals surface area contributed by atoms with Crippen molar-refractivity contribution in [1.82, 2.24) is 14.9 Å². The van der Waals surface area contributed by atoms with Gasteiger partial charge in [0.05, 0.1) is 5.69 Å². The molecule has 2 aromatic heterocycles. The van der Waals surface area contributed by atoms with Crippen molar-refractivity contribution < 1.29 is 9.18 Å². The van der Waals surface area contributed by atoms with E-state index in [1.807, 2.05) is 18.3 Å². The number of amides is 2.